The van der Waals surface area contributed by atoms with Crippen molar-refractivity contribution in [1.29, 1.82) is 0 Å². The second kappa shape index (κ2) is 10.7. The normalized spacial score (nSPS) is 14.4. The number of nitrogens with zero attached hydrogens (tertiary/aromatic N) is 1. The van der Waals surface area contributed by atoms with E-state index in [0.29, 0.717) is 23.8 Å². The van der Waals surface area contributed by atoms with Crippen molar-refractivity contribution in [3.63, 3.8) is 0 Å². The van der Waals surface area contributed by atoms with Crippen LogP contribution in [0.15, 0.2) is 48.5 Å². The van der Waals surface area contributed by atoms with Crippen LogP contribution in [-0.2, 0) is 11.2 Å². The molecule has 1 saturated heterocycles. The highest BCUT2D eigenvalue weighted by atomic mass is 16.5. The first kappa shape index (κ1) is 21.7. The molecule has 160 valence electrons. The van der Waals surface area contributed by atoms with E-state index in [1.54, 1.807) is 24.3 Å². The van der Waals surface area contributed by atoms with Crippen molar-refractivity contribution in [2.45, 2.75) is 32.6 Å². The highest BCUT2D eigenvalue weighted by Gasteiger charge is 2.25. The summed E-state index contributed by atoms with van der Waals surface area (Å²) in [6.07, 6.45) is 4.14. The van der Waals surface area contributed by atoms with Gasteiger partial charge >= 0.3 is 0 Å². The molecular weight excluding hydrogens is 380 g/mol. The van der Waals surface area contributed by atoms with Crippen molar-refractivity contribution < 1.29 is 19.1 Å². The lowest BCUT2D eigenvalue weighted by Gasteiger charge is -2.32. The molecule has 0 aliphatic carbocycles. The first-order chi connectivity index (χ1) is 14.6. The Hall–Kier alpha value is -3.02. The quantitative estimate of drug-likeness (QED) is 0.687. The molecule has 0 spiro atoms. The molecule has 2 amide bonds. The summed E-state index contributed by atoms with van der Waals surface area (Å²) in [6.45, 7) is 3.89. The zero-order valence-electron chi connectivity index (χ0n) is 17.5. The lowest BCUT2D eigenvalue weighted by molar-refractivity contribution is -0.119. The van der Waals surface area contributed by atoms with Crippen LogP contribution in [0, 0.1) is 5.92 Å². The van der Waals surface area contributed by atoms with E-state index in [9.17, 15) is 9.59 Å². The Morgan fingerprint density at radius 1 is 1.03 bits per heavy atom. The van der Waals surface area contributed by atoms with Crippen LogP contribution in [0.5, 0.6) is 11.5 Å². The van der Waals surface area contributed by atoms with Crippen LogP contribution in [0.1, 0.15) is 42.1 Å². The minimum Gasteiger partial charge on any atom is -0.494 e. The maximum atomic E-state index is 13.0. The number of carbonyl (C=O) groups is 2. The van der Waals surface area contributed by atoms with Crippen LogP contribution in [-0.4, -0.2) is 43.0 Å². The van der Waals surface area contributed by atoms with E-state index >= 15 is 0 Å². The fourth-order valence-corrected chi connectivity index (χ4v) is 3.80. The molecular formula is C24H30N2O4. The molecule has 2 N–H and O–H groups in total. The second-order valence-electron chi connectivity index (χ2n) is 7.60. The van der Waals surface area contributed by atoms with E-state index in [1.165, 1.54) is 5.56 Å². The van der Waals surface area contributed by atoms with E-state index < -0.39 is 5.91 Å². The summed E-state index contributed by atoms with van der Waals surface area (Å²) >= 11 is 0. The van der Waals surface area contributed by atoms with Crippen LogP contribution in [0.2, 0.25) is 0 Å². The number of carbonyl (C=O) groups excluding carboxylic acids is 2. The van der Waals surface area contributed by atoms with Crippen molar-refractivity contribution in [2.24, 2.45) is 11.7 Å². The molecule has 1 aliphatic heterocycles. The fraction of sp³-hybridized carbons (Fsp3) is 0.417. The zero-order chi connectivity index (χ0) is 21.3. The number of benzene rings is 2. The van der Waals surface area contributed by atoms with Gasteiger partial charge in [0.25, 0.3) is 11.8 Å². The summed E-state index contributed by atoms with van der Waals surface area (Å²) in [7, 11) is 0. The number of primary amides is 1. The Labute approximate surface area is 178 Å². The van der Waals surface area contributed by atoms with Crippen LogP contribution >= 0.6 is 0 Å². The highest BCUT2D eigenvalue weighted by molar-refractivity contribution is 5.97. The fourth-order valence-electron chi connectivity index (χ4n) is 3.80. The van der Waals surface area contributed by atoms with Crippen molar-refractivity contribution >= 4 is 11.8 Å². The van der Waals surface area contributed by atoms with E-state index in [1.807, 2.05) is 24.0 Å². The molecule has 0 radical (unpaired) electrons. The zero-order valence-corrected chi connectivity index (χ0v) is 17.5. The number of ether oxygens (including phenoxy) is 2. The average Bonchev–Trinajstić information content (AvgIpc) is 2.77. The van der Waals surface area contributed by atoms with Crippen LogP contribution in [0.4, 0.5) is 0 Å². The third-order valence-electron chi connectivity index (χ3n) is 5.46. The smallest absolute Gasteiger partial charge is 0.257 e. The van der Waals surface area contributed by atoms with Gasteiger partial charge in [0.1, 0.15) is 11.5 Å². The topological polar surface area (TPSA) is 81.9 Å². The number of piperidine rings is 1. The van der Waals surface area contributed by atoms with Crippen molar-refractivity contribution in [2.75, 3.05) is 26.3 Å². The largest absolute Gasteiger partial charge is 0.494 e. The Kier molecular flexibility index (Phi) is 7.71. The molecule has 1 aliphatic rings. The minimum absolute atomic E-state index is 0.0555. The lowest BCUT2D eigenvalue weighted by atomic mass is 9.90. The molecule has 1 fully saturated rings. The lowest BCUT2D eigenvalue weighted by Crippen LogP contribution is -2.38. The van der Waals surface area contributed by atoms with Gasteiger partial charge in [-0.1, -0.05) is 24.3 Å². The first-order valence-corrected chi connectivity index (χ1v) is 10.6. The van der Waals surface area contributed by atoms with Gasteiger partial charge in [0.2, 0.25) is 0 Å². The van der Waals surface area contributed by atoms with E-state index in [4.69, 9.17) is 15.2 Å². The number of rotatable bonds is 9. The molecule has 1 heterocycles. The van der Waals surface area contributed by atoms with Crippen LogP contribution in [0.3, 0.4) is 0 Å². The summed E-state index contributed by atoms with van der Waals surface area (Å²) in [5, 5.41) is 0. The molecule has 6 heteroatoms. The van der Waals surface area contributed by atoms with Gasteiger partial charge in [0.15, 0.2) is 6.61 Å². The number of aryl methyl sites for hydroxylation is 1. The number of hydrogen-bond acceptors (Lipinski definition) is 4. The summed E-state index contributed by atoms with van der Waals surface area (Å²) < 4.78 is 10.9. The highest BCUT2D eigenvalue weighted by Crippen LogP contribution is 2.26. The van der Waals surface area contributed by atoms with Gasteiger partial charge < -0.3 is 20.1 Å². The average molecular weight is 411 g/mol. The maximum Gasteiger partial charge on any atom is 0.257 e. The number of amides is 2. The van der Waals surface area contributed by atoms with Crippen molar-refractivity contribution in [3.05, 3.63) is 59.7 Å². The molecule has 6 nitrogen and oxygen atoms in total. The molecule has 0 aromatic heterocycles. The van der Waals surface area contributed by atoms with Gasteiger partial charge in [-0.15, -0.1) is 0 Å². The monoisotopic (exact) mass is 410 g/mol. The van der Waals surface area contributed by atoms with E-state index in [0.717, 1.165) is 44.5 Å². The summed E-state index contributed by atoms with van der Waals surface area (Å²) in [5.41, 5.74) is 6.95. The molecule has 0 atom stereocenters. The standard InChI is InChI=1S/C24H30N2O4/c1-2-29-20-11-9-18(10-12-20)7-8-19-13-15-26(16-14-19)24(28)21-5-3-4-6-22(21)30-17-23(25)27/h3-6,9-12,19H,2,7-8,13-17H2,1H3,(H2,25,27). The van der Waals surface area contributed by atoms with Gasteiger partial charge in [-0.05, 0) is 68.4 Å². The Morgan fingerprint density at radius 2 is 1.73 bits per heavy atom. The molecule has 0 bridgehead atoms. The third kappa shape index (κ3) is 5.99. The number of para-hydroxylation sites is 1. The minimum atomic E-state index is -0.564. The van der Waals surface area contributed by atoms with Gasteiger partial charge in [0.05, 0.1) is 12.2 Å². The van der Waals surface area contributed by atoms with Crippen LogP contribution < -0.4 is 15.2 Å². The summed E-state index contributed by atoms with van der Waals surface area (Å²) in [4.78, 5) is 25.8. The van der Waals surface area contributed by atoms with Gasteiger partial charge in [0, 0.05) is 13.1 Å². The summed E-state index contributed by atoms with van der Waals surface area (Å²) in [5.74, 6) is 1.31. The molecule has 0 unspecified atom stereocenters. The second-order valence-corrected chi connectivity index (χ2v) is 7.60. The SMILES string of the molecule is CCOc1ccc(CCC2CCN(C(=O)c3ccccc3OCC(N)=O)CC2)cc1. The van der Waals surface area contributed by atoms with Crippen LogP contribution in [0.25, 0.3) is 0 Å². The summed E-state index contributed by atoms with van der Waals surface area (Å²) in [6, 6.07) is 15.3. The molecule has 2 aromatic carbocycles. The molecule has 30 heavy (non-hydrogen) atoms. The Balaban J connectivity index is 1.49. The Morgan fingerprint density at radius 3 is 2.40 bits per heavy atom. The molecule has 0 saturated carbocycles. The van der Waals surface area contributed by atoms with E-state index in [-0.39, 0.29) is 12.5 Å². The van der Waals surface area contributed by atoms with Gasteiger partial charge in [-0.2, -0.15) is 0 Å². The third-order valence-corrected chi connectivity index (χ3v) is 5.46. The molecule has 2 aromatic rings. The van der Waals surface area contributed by atoms with Crippen molar-refractivity contribution in [1.82, 2.24) is 4.90 Å². The number of likely N-dealkylation sites (tertiary alicyclic amines) is 1. The number of hydrogen-bond donors (Lipinski definition) is 1. The predicted octanol–water partition coefficient (Wildman–Crippen LogP) is 3.43. The predicted molar refractivity (Wildman–Crippen MR) is 116 cm³/mol. The Bertz CT molecular complexity index is 843. The number of nitrogens with two attached hydrogens (primary N) is 1. The molecule has 3 rings (SSSR count). The van der Waals surface area contributed by atoms with Gasteiger partial charge in [-0.25, -0.2) is 0 Å². The van der Waals surface area contributed by atoms with Crippen molar-refractivity contribution in [3.8, 4) is 11.5 Å². The first-order valence-electron chi connectivity index (χ1n) is 10.6. The van der Waals surface area contributed by atoms with Gasteiger partial charge in [-0.3, -0.25) is 9.59 Å². The van der Waals surface area contributed by atoms with E-state index in [2.05, 4.69) is 12.1 Å². The maximum absolute atomic E-state index is 13.0.